The van der Waals surface area contributed by atoms with Gasteiger partial charge in [-0.2, -0.15) is 4.99 Å². The maximum Gasteiger partial charge on any atom is 0.329 e. The monoisotopic (exact) mass is 411 g/mol. The molecule has 0 saturated heterocycles. The minimum absolute atomic E-state index is 0.307. The third-order valence-corrected chi connectivity index (χ3v) is 5.65. The van der Waals surface area contributed by atoms with E-state index in [1.807, 2.05) is 66.9 Å². The molecule has 7 heteroatoms. The van der Waals surface area contributed by atoms with Crippen LogP contribution in [0, 0.1) is 0 Å². The Morgan fingerprint density at radius 3 is 2.41 bits per heavy atom. The summed E-state index contributed by atoms with van der Waals surface area (Å²) >= 11 is 1.39. The van der Waals surface area contributed by atoms with Gasteiger partial charge in [0, 0.05) is 25.3 Å². The predicted octanol–water partition coefficient (Wildman–Crippen LogP) is 4.02. The first-order valence-electron chi connectivity index (χ1n) is 9.59. The number of anilines is 1. The number of para-hydroxylation sites is 1. The quantitative estimate of drug-likeness (QED) is 0.575. The minimum atomic E-state index is -0.534. The number of ether oxygens (including phenoxy) is 1. The van der Waals surface area contributed by atoms with E-state index in [0.29, 0.717) is 23.4 Å². The molecule has 1 atom stereocenters. The van der Waals surface area contributed by atoms with Crippen molar-refractivity contribution in [2.75, 3.05) is 25.6 Å². The maximum atomic E-state index is 12.8. The number of amides is 1. The van der Waals surface area contributed by atoms with E-state index in [1.165, 1.54) is 11.3 Å². The molecule has 0 saturated carbocycles. The van der Waals surface area contributed by atoms with Crippen LogP contribution in [-0.4, -0.2) is 37.1 Å². The smallest absolute Gasteiger partial charge is 0.329 e. The Bertz CT molecular complexity index is 1080. The van der Waals surface area contributed by atoms with Gasteiger partial charge >= 0.3 is 5.97 Å². The van der Waals surface area contributed by atoms with Gasteiger partial charge in [-0.05, 0) is 49.7 Å². The largest absolute Gasteiger partial charge is 0.464 e. The highest BCUT2D eigenvalue weighted by Crippen LogP contribution is 2.23. The van der Waals surface area contributed by atoms with Gasteiger partial charge in [0.1, 0.15) is 6.04 Å². The number of esters is 1. The van der Waals surface area contributed by atoms with Crippen LogP contribution in [0.2, 0.25) is 0 Å². The zero-order valence-corrected chi connectivity index (χ0v) is 17.9. The van der Waals surface area contributed by atoms with Gasteiger partial charge in [0.05, 0.1) is 16.8 Å². The Hall–Kier alpha value is -2.93. The van der Waals surface area contributed by atoms with E-state index < -0.39 is 6.04 Å². The Kier molecular flexibility index (Phi) is 6.49. The Labute approximate surface area is 174 Å². The van der Waals surface area contributed by atoms with Crippen molar-refractivity contribution in [1.29, 1.82) is 0 Å². The molecule has 0 aliphatic carbocycles. The van der Waals surface area contributed by atoms with Crippen LogP contribution in [0.15, 0.2) is 53.5 Å². The molecule has 3 rings (SSSR count). The van der Waals surface area contributed by atoms with Gasteiger partial charge in [0.25, 0.3) is 5.91 Å². The summed E-state index contributed by atoms with van der Waals surface area (Å²) in [6.45, 7) is 4.02. The average molecular weight is 412 g/mol. The van der Waals surface area contributed by atoms with Crippen LogP contribution in [0.5, 0.6) is 0 Å². The first-order valence-corrected chi connectivity index (χ1v) is 10.4. The molecule has 0 radical (unpaired) electrons. The number of aromatic nitrogens is 1. The topological polar surface area (TPSA) is 63.9 Å². The van der Waals surface area contributed by atoms with E-state index in [4.69, 9.17) is 4.74 Å². The van der Waals surface area contributed by atoms with Gasteiger partial charge in [-0.1, -0.05) is 30.4 Å². The van der Waals surface area contributed by atoms with Gasteiger partial charge in [-0.25, -0.2) is 4.79 Å². The molecule has 1 aromatic heterocycles. The van der Waals surface area contributed by atoms with E-state index in [-0.39, 0.29) is 11.9 Å². The van der Waals surface area contributed by atoms with Gasteiger partial charge in [0.15, 0.2) is 4.80 Å². The highest BCUT2D eigenvalue weighted by molar-refractivity contribution is 7.16. The second-order valence-corrected chi connectivity index (χ2v) is 7.77. The summed E-state index contributed by atoms with van der Waals surface area (Å²) in [6, 6.07) is 14.5. The van der Waals surface area contributed by atoms with Crippen LogP contribution in [0.1, 0.15) is 36.7 Å². The maximum absolute atomic E-state index is 12.8. The molecule has 0 fully saturated rings. The molecule has 0 aliphatic heterocycles. The number of nitrogens with zero attached hydrogens (tertiary/aromatic N) is 3. The predicted molar refractivity (Wildman–Crippen MR) is 116 cm³/mol. The summed E-state index contributed by atoms with van der Waals surface area (Å²) in [4.78, 5) is 32.2. The number of thiazole rings is 1. The zero-order valence-electron chi connectivity index (χ0n) is 17.1. The molecule has 152 valence electrons. The molecule has 0 bridgehead atoms. The fourth-order valence-electron chi connectivity index (χ4n) is 3.12. The van der Waals surface area contributed by atoms with Crippen molar-refractivity contribution in [3.8, 4) is 0 Å². The van der Waals surface area contributed by atoms with Gasteiger partial charge in [0.2, 0.25) is 0 Å². The fourth-order valence-corrected chi connectivity index (χ4v) is 4.18. The number of carbonyl (C=O) groups is 2. The summed E-state index contributed by atoms with van der Waals surface area (Å²) in [5.74, 6) is -0.655. The van der Waals surface area contributed by atoms with Crippen LogP contribution in [0.3, 0.4) is 0 Å². The van der Waals surface area contributed by atoms with Crippen LogP contribution < -0.4 is 9.70 Å². The van der Waals surface area contributed by atoms with Crippen molar-refractivity contribution in [2.45, 2.75) is 26.3 Å². The molecule has 0 aliphatic rings. The Balaban J connectivity index is 2.10. The van der Waals surface area contributed by atoms with Crippen molar-refractivity contribution in [3.63, 3.8) is 0 Å². The number of benzene rings is 2. The molecule has 0 N–H and O–H groups in total. The molecule has 0 spiro atoms. The van der Waals surface area contributed by atoms with Gasteiger partial charge < -0.3 is 14.2 Å². The summed E-state index contributed by atoms with van der Waals surface area (Å²) in [5, 5.41) is 0. The van der Waals surface area contributed by atoms with E-state index in [2.05, 4.69) is 4.99 Å². The number of hydrogen-bond donors (Lipinski definition) is 0. The third-order valence-electron chi connectivity index (χ3n) is 4.62. The van der Waals surface area contributed by atoms with Crippen LogP contribution in [0.25, 0.3) is 10.2 Å². The van der Waals surface area contributed by atoms with E-state index >= 15 is 0 Å². The summed E-state index contributed by atoms with van der Waals surface area (Å²) in [6.07, 6.45) is 0.540. The lowest BCUT2D eigenvalue weighted by molar-refractivity contribution is -0.147. The van der Waals surface area contributed by atoms with Crippen LogP contribution >= 0.6 is 11.3 Å². The van der Waals surface area contributed by atoms with E-state index in [0.717, 1.165) is 15.9 Å². The van der Waals surface area contributed by atoms with Crippen LogP contribution in [0.4, 0.5) is 5.69 Å². The summed E-state index contributed by atoms with van der Waals surface area (Å²) in [5.41, 5.74) is 2.38. The second kappa shape index (κ2) is 9.05. The molecular formula is C22H25N3O3S. The number of hydrogen-bond acceptors (Lipinski definition) is 5. The van der Waals surface area contributed by atoms with Crippen LogP contribution in [-0.2, 0) is 9.53 Å². The van der Waals surface area contributed by atoms with Crippen molar-refractivity contribution >= 4 is 39.1 Å². The SMILES string of the molecule is CCOC(=O)C(CC)n1c(=NC(=O)c2ccc(N(C)C)cc2)sc2ccccc21. The second-order valence-electron chi connectivity index (χ2n) is 6.76. The molecule has 1 unspecified atom stereocenters. The summed E-state index contributed by atoms with van der Waals surface area (Å²) < 4.78 is 8.05. The molecule has 3 aromatic rings. The molecular weight excluding hydrogens is 386 g/mol. The lowest BCUT2D eigenvalue weighted by Gasteiger charge is -2.16. The van der Waals surface area contributed by atoms with E-state index in [1.54, 1.807) is 19.1 Å². The van der Waals surface area contributed by atoms with Crippen molar-refractivity contribution in [1.82, 2.24) is 4.57 Å². The average Bonchev–Trinajstić information content (AvgIpc) is 3.07. The molecule has 29 heavy (non-hydrogen) atoms. The number of carbonyl (C=O) groups excluding carboxylic acids is 2. The fraction of sp³-hybridized carbons (Fsp3) is 0.318. The molecule has 1 amide bonds. The highest BCUT2D eigenvalue weighted by atomic mass is 32.1. The summed E-state index contributed by atoms with van der Waals surface area (Å²) in [7, 11) is 3.89. The highest BCUT2D eigenvalue weighted by Gasteiger charge is 2.23. The van der Waals surface area contributed by atoms with Crippen molar-refractivity contribution < 1.29 is 14.3 Å². The zero-order chi connectivity index (χ0) is 21.0. The van der Waals surface area contributed by atoms with Crippen molar-refractivity contribution in [3.05, 3.63) is 58.9 Å². The standard InChI is InChI=1S/C22H25N3O3S/c1-5-17(21(27)28-6-2)25-18-9-7-8-10-19(18)29-22(25)23-20(26)15-11-13-16(14-12-15)24(3)4/h7-14,17H,5-6H2,1-4H3. The third kappa shape index (κ3) is 4.40. The first kappa shape index (κ1) is 20.8. The Morgan fingerprint density at radius 2 is 1.79 bits per heavy atom. The Morgan fingerprint density at radius 1 is 1.10 bits per heavy atom. The van der Waals surface area contributed by atoms with Gasteiger partial charge in [-0.3, -0.25) is 4.79 Å². The van der Waals surface area contributed by atoms with Gasteiger partial charge in [-0.15, -0.1) is 0 Å². The lowest BCUT2D eigenvalue weighted by Crippen LogP contribution is -2.29. The molecule has 6 nitrogen and oxygen atoms in total. The number of fused-ring (bicyclic) bond motifs is 1. The lowest BCUT2D eigenvalue weighted by atomic mass is 10.2. The first-order chi connectivity index (χ1) is 14.0. The number of rotatable bonds is 6. The normalized spacial score (nSPS) is 12.8. The minimum Gasteiger partial charge on any atom is -0.464 e. The van der Waals surface area contributed by atoms with E-state index in [9.17, 15) is 9.59 Å². The van der Waals surface area contributed by atoms with Crippen molar-refractivity contribution in [2.24, 2.45) is 4.99 Å². The molecule has 2 aromatic carbocycles. The molecule has 1 heterocycles.